The molecule has 0 fully saturated rings. The molecule has 2 nitrogen and oxygen atoms in total. The van der Waals surface area contributed by atoms with Crippen molar-refractivity contribution < 1.29 is 0 Å². The molecule has 1 aromatic carbocycles. The second kappa shape index (κ2) is 7.55. The van der Waals surface area contributed by atoms with Crippen LogP contribution in [0.2, 0.25) is 0 Å². The molecule has 0 heterocycles. The van der Waals surface area contributed by atoms with E-state index >= 15 is 0 Å². The number of rotatable bonds is 7. The van der Waals surface area contributed by atoms with Gasteiger partial charge in [0, 0.05) is 6.04 Å². The minimum Gasteiger partial charge on any atom is -0.271 e. The standard InChI is InChI=1S/C16H28N2/c1-5-6-13(4)11-16(18-17)15-9-7-14(8-10-15)12(2)3/h7-10,12-13,16,18H,5-6,11,17H2,1-4H3. The summed E-state index contributed by atoms with van der Waals surface area (Å²) in [6.45, 7) is 8.98. The molecule has 0 saturated heterocycles. The number of hydrazine groups is 1. The summed E-state index contributed by atoms with van der Waals surface area (Å²) in [4.78, 5) is 0. The van der Waals surface area contributed by atoms with Gasteiger partial charge in [-0.05, 0) is 29.4 Å². The lowest BCUT2D eigenvalue weighted by atomic mass is 9.92. The predicted octanol–water partition coefficient (Wildman–Crippen LogP) is 4.14. The number of benzene rings is 1. The predicted molar refractivity (Wildman–Crippen MR) is 79.3 cm³/mol. The molecule has 2 unspecified atom stereocenters. The van der Waals surface area contributed by atoms with Crippen molar-refractivity contribution in [3.63, 3.8) is 0 Å². The lowest BCUT2D eigenvalue weighted by Gasteiger charge is -2.21. The first-order valence-corrected chi connectivity index (χ1v) is 7.14. The maximum atomic E-state index is 5.70. The summed E-state index contributed by atoms with van der Waals surface area (Å²) in [6.07, 6.45) is 3.61. The second-order valence-corrected chi connectivity index (χ2v) is 5.67. The quantitative estimate of drug-likeness (QED) is 0.562. The summed E-state index contributed by atoms with van der Waals surface area (Å²) in [5, 5.41) is 0. The fourth-order valence-corrected chi connectivity index (χ4v) is 2.43. The van der Waals surface area contributed by atoms with Crippen LogP contribution in [-0.4, -0.2) is 0 Å². The Kier molecular flexibility index (Phi) is 6.37. The van der Waals surface area contributed by atoms with Gasteiger partial charge >= 0.3 is 0 Å². The number of nitrogens with two attached hydrogens (primary N) is 1. The fourth-order valence-electron chi connectivity index (χ4n) is 2.43. The molecule has 18 heavy (non-hydrogen) atoms. The van der Waals surface area contributed by atoms with Crippen LogP contribution in [-0.2, 0) is 0 Å². The van der Waals surface area contributed by atoms with Gasteiger partial charge in [-0.25, -0.2) is 0 Å². The Morgan fingerprint density at radius 1 is 1.06 bits per heavy atom. The Bertz CT molecular complexity index is 329. The van der Waals surface area contributed by atoms with Crippen molar-refractivity contribution in [3.05, 3.63) is 35.4 Å². The van der Waals surface area contributed by atoms with Crippen molar-refractivity contribution in [1.29, 1.82) is 0 Å². The smallest absolute Gasteiger partial charge is 0.0462 e. The van der Waals surface area contributed by atoms with Gasteiger partial charge in [0.05, 0.1) is 0 Å². The molecule has 0 radical (unpaired) electrons. The lowest BCUT2D eigenvalue weighted by Crippen LogP contribution is -2.29. The molecule has 0 bridgehead atoms. The van der Waals surface area contributed by atoms with E-state index in [-0.39, 0.29) is 6.04 Å². The van der Waals surface area contributed by atoms with E-state index in [0.717, 1.165) is 6.42 Å². The first-order chi connectivity index (χ1) is 8.58. The Balaban J connectivity index is 2.70. The highest BCUT2D eigenvalue weighted by molar-refractivity contribution is 5.26. The topological polar surface area (TPSA) is 38.0 Å². The summed E-state index contributed by atoms with van der Waals surface area (Å²) in [5.41, 5.74) is 5.64. The lowest BCUT2D eigenvalue weighted by molar-refractivity contribution is 0.394. The van der Waals surface area contributed by atoms with Crippen molar-refractivity contribution in [2.24, 2.45) is 11.8 Å². The van der Waals surface area contributed by atoms with Crippen molar-refractivity contribution >= 4 is 0 Å². The zero-order valence-electron chi connectivity index (χ0n) is 12.2. The largest absolute Gasteiger partial charge is 0.271 e. The van der Waals surface area contributed by atoms with Gasteiger partial charge in [0.25, 0.3) is 0 Å². The summed E-state index contributed by atoms with van der Waals surface area (Å²) >= 11 is 0. The highest BCUT2D eigenvalue weighted by Crippen LogP contribution is 2.24. The highest BCUT2D eigenvalue weighted by atomic mass is 15.2. The first-order valence-electron chi connectivity index (χ1n) is 7.14. The van der Waals surface area contributed by atoms with E-state index in [0.29, 0.717) is 11.8 Å². The van der Waals surface area contributed by atoms with Crippen LogP contribution in [0, 0.1) is 5.92 Å². The molecule has 0 spiro atoms. The molecule has 1 aromatic rings. The number of hydrogen-bond donors (Lipinski definition) is 2. The van der Waals surface area contributed by atoms with Crippen molar-refractivity contribution in [1.82, 2.24) is 5.43 Å². The van der Waals surface area contributed by atoms with Crippen molar-refractivity contribution in [2.75, 3.05) is 0 Å². The van der Waals surface area contributed by atoms with E-state index in [1.165, 1.54) is 24.0 Å². The van der Waals surface area contributed by atoms with E-state index in [1.54, 1.807) is 0 Å². The van der Waals surface area contributed by atoms with Crippen molar-refractivity contribution in [2.45, 2.75) is 58.9 Å². The number of nitrogens with one attached hydrogen (secondary N) is 1. The normalized spacial score (nSPS) is 14.8. The maximum Gasteiger partial charge on any atom is 0.0462 e. The van der Waals surface area contributed by atoms with Gasteiger partial charge in [0.1, 0.15) is 0 Å². The Labute approximate surface area is 112 Å². The zero-order valence-corrected chi connectivity index (χ0v) is 12.2. The number of hydrogen-bond acceptors (Lipinski definition) is 2. The van der Waals surface area contributed by atoms with E-state index in [9.17, 15) is 0 Å². The molecule has 2 atom stereocenters. The van der Waals surface area contributed by atoms with Crippen LogP contribution in [0.5, 0.6) is 0 Å². The van der Waals surface area contributed by atoms with Gasteiger partial charge in [0.15, 0.2) is 0 Å². The van der Waals surface area contributed by atoms with E-state index in [1.807, 2.05) is 0 Å². The van der Waals surface area contributed by atoms with Crippen LogP contribution >= 0.6 is 0 Å². The summed E-state index contributed by atoms with van der Waals surface area (Å²) in [5.74, 6) is 6.99. The average molecular weight is 248 g/mol. The molecule has 0 aromatic heterocycles. The minimum atomic E-state index is 0.271. The van der Waals surface area contributed by atoms with Gasteiger partial charge in [0.2, 0.25) is 0 Å². The molecular weight excluding hydrogens is 220 g/mol. The molecule has 2 heteroatoms. The summed E-state index contributed by atoms with van der Waals surface area (Å²) < 4.78 is 0. The third kappa shape index (κ3) is 4.43. The monoisotopic (exact) mass is 248 g/mol. The minimum absolute atomic E-state index is 0.271. The molecule has 0 amide bonds. The van der Waals surface area contributed by atoms with E-state index < -0.39 is 0 Å². The van der Waals surface area contributed by atoms with Crippen LogP contribution in [0.25, 0.3) is 0 Å². The van der Waals surface area contributed by atoms with Gasteiger partial charge in [-0.15, -0.1) is 0 Å². The second-order valence-electron chi connectivity index (χ2n) is 5.67. The van der Waals surface area contributed by atoms with Gasteiger partial charge in [-0.2, -0.15) is 0 Å². The van der Waals surface area contributed by atoms with Gasteiger partial charge < -0.3 is 0 Å². The maximum absolute atomic E-state index is 5.70. The molecule has 0 aliphatic rings. The van der Waals surface area contributed by atoms with E-state index in [2.05, 4.69) is 57.4 Å². The Morgan fingerprint density at radius 3 is 2.06 bits per heavy atom. The average Bonchev–Trinajstić information content (AvgIpc) is 2.36. The molecule has 0 saturated carbocycles. The molecule has 3 N–H and O–H groups in total. The molecule has 1 rings (SSSR count). The van der Waals surface area contributed by atoms with Crippen LogP contribution in [0.1, 0.15) is 70.0 Å². The molecule has 0 aliphatic carbocycles. The Hall–Kier alpha value is -0.860. The third-order valence-electron chi connectivity index (χ3n) is 3.63. The van der Waals surface area contributed by atoms with Crippen LogP contribution < -0.4 is 11.3 Å². The highest BCUT2D eigenvalue weighted by Gasteiger charge is 2.13. The SMILES string of the molecule is CCCC(C)CC(NN)c1ccc(C(C)C)cc1. The third-order valence-corrected chi connectivity index (χ3v) is 3.63. The Morgan fingerprint density at radius 2 is 1.61 bits per heavy atom. The summed E-state index contributed by atoms with van der Waals surface area (Å²) in [7, 11) is 0. The zero-order chi connectivity index (χ0) is 13.5. The molecule has 102 valence electrons. The van der Waals surface area contributed by atoms with Gasteiger partial charge in [-0.3, -0.25) is 11.3 Å². The van der Waals surface area contributed by atoms with Crippen LogP contribution in [0.15, 0.2) is 24.3 Å². The van der Waals surface area contributed by atoms with Crippen LogP contribution in [0.4, 0.5) is 0 Å². The van der Waals surface area contributed by atoms with Gasteiger partial charge in [-0.1, -0.05) is 64.8 Å². The summed E-state index contributed by atoms with van der Waals surface area (Å²) in [6, 6.07) is 9.12. The van der Waals surface area contributed by atoms with Crippen LogP contribution in [0.3, 0.4) is 0 Å². The fraction of sp³-hybridized carbons (Fsp3) is 0.625. The van der Waals surface area contributed by atoms with E-state index in [4.69, 9.17) is 5.84 Å². The molecule has 0 aliphatic heterocycles. The first kappa shape index (κ1) is 15.2. The molecular formula is C16H28N2. The van der Waals surface area contributed by atoms with Crippen molar-refractivity contribution in [3.8, 4) is 0 Å².